The number of amides is 3. The van der Waals surface area contributed by atoms with E-state index in [9.17, 15) is 34.1 Å². The predicted molar refractivity (Wildman–Crippen MR) is 87.7 cm³/mol. The number of imide groups is 1. The first kappa shape index (κ1) is 19.7. The van der Waals surface area contributed by atoms with Gasteiger partial charge < -0.3 is 10.1 Å². The maximum atomic E-state index is 12.3. The Hall–Kier alpha value is -3.63. The van der Waals surface area contributed by atoms with E-state index in [1.165, 1.54) is 7.11 Å². The number of nitro benzene ring substituents is 1. The first-order valence-corrected chi connectivity index (χ1v) is 7.74. The number of methoxy groups -OCH3 is 1. The number of fused-ring (bicyclic) bond motifs is 1. The average Bonchev–Trinajstić information content (AvgIpc) is 2.88. The number of carbonyl (C=O) groups is 5. The third-order valence-electron chi connectivity index (χ3n) is 3.79. The first-order chi connectivity index (χ1) is 12.7. The molecule has 0 aromatic heterocycles. The van der Waals surface area contributed by atoms with Gasteiger partial charge in [-0.1, -0.05) is 0 Å². The molecule has 1 aliphatic rings. The Kier molecular flexibility index (Phi) is 5.96. The molecule has 0 aliphatic carbocycles. The molecule has 1 N–H and O–H groups in total. The molecule has 1 heterocycles. The highest BCUT2D eigenvalue weighted by atomic mass is 16.6. The van der Waals surface area contributed by atoms with Crippen molar-refractivity contribution >= 4 is 35.2 Å². The van der Waals surface area contributed by atoms with Crippen LogP contribution in [0.4, 0.5) is 5.69 Å². The van der Waals surface area contributed by atoms with E-state index in [1.807, 2.05) is 0 Å². The molecule has 0 spiro atoms. The molecule has 1 aromatic rings. The van der Waals surface area contributed by atoms with Gasteiger partial charge in [-0.2, -0.15) is 0 Å². The van der Waals surface area contributed by atoms with E-state index in [1.54, 1.807) is 0 Å². The Morgan fingerprint density at radius 1 is 1.15 bits per heavy atom. The molecule has 0 radical (unpaired) electrons. The summed E-state index contributed by atoms with van der Waals surface area (Å²) in [6, 6.07) is 3.22. The standard InChI is InChI=1S/C16H15N3O8/c1-27-14(22)5-3-10(20)7-17-13(21)8-18-15(23)11-4-2-9(19(25)26)6-12(11)16(18)24/h2,4,6H,3,5,7-8H2,1H3,(H,17,21). The number of Topliss-reactive ketones (excluding diaryl/α,β-unsaturated/α-hetero) is 1. The fourth-order valence-corrected chi connectivity index (χ4v) is 2.36. The molecule has 0 bridgehead atoms. The van der Waals surface area contributed by atoms with E-state index < -0.39 is 40.9 Å². The zero-order valence-corrected chi connectivity index (χ0v) is 14.2. The number of nitrogens with zero attached hydrogens (tertiary/aromatic N) is 2. The maximum absolute atomic E-state index is 12.3. The second-order valence-corrected chi connectivity index (χ2v) is 5.57. The summed E-state index contributed by atoms with van der Waals surface area (Å²) in [4.78, 5) is 69.6. The smallest absolute Gasteiger partial charge is 0.305 e. The van der Waals surface area contributed by atoms with Crippen LogP contribution in [-0.4, -0.2) is 59.5 Å². The Morgan fingerprint density at radius 2 is 1.81 bits per heavy atom. The molecule has 27 heavy (non-hydrogen) atoms. The third kappa shape index (κ3) is 4.51. The molecule has 0 unspecified atom stereocenters. The van der Waals surface area contributed by atoms with Crippen LogP contribution < -0.4 is 5.32 Å². The number of nitro groups is 1. The van der Waals surface area contributed by atoms with Crippen molar-refractivity contribution in [3.05, 3.63) is 39.4 Å². The van der Waals surface area contributed by atoms with Gasteiger partial charge in [0.15, 0.2) is 5.78 Å². The number of carbonyl (C=O) groups excluding carboxylic acids is 5. The highest BCUT2D eigenvalue weighted by molar-refractivity contribution is 6.22. The van der Waals surface area contributed by atoms with Gasteiger partial charge in [-0.3, -0.25) is 39.0 Å². The summed E-state index contributed by atoms with van der Waals surface area (Å²) in [7, 11) is 1.19. The van der Waals surface area contributed by atoms with E-state index in [0.29, 0.717) is 4.90 Å². The molecule has 11 heteroatoms. The molecule has 0 fully saturated rings. The number of non-ortho nitro benzene ring substituents is 1. The number of nitrogens with one attached hydrogen (secondary N) is 1. The zero-order valence-electron chi connectivity index (χ0n) is 14.2. The van der Waals surface area contributed by atoms with E-state index in [0.717, 1.165) is 18.2 Å². The highest BCUT2D eigenvalue weighted by Gasteiger charge is 2.37. The fourth-order valence-electron chi connectivity index (χ4n) is 2.36. The quantitative estimate of drug-likeness (QED) is 0.283. The SMILES string of the molecule is COC(=O)CCC(=O)CNC(=O)CN1C(=O)c2ccc([N+](=O)[O-])cc2C1=O. The fraction of sp³-hybridized carbons (Fsp3) is 0.312. The number of benzene rings is 1. The summed E-state index contributed by atoms with van der Waals surface area (Å²) in [5, 5.41) is 13.0. The highest BCUT2D eigenvalue weighted by Crippen LogP contribution is 2.26. The van der Waals surface area contributed by atoms with Gasteiger partial charge in [0.25, 0.3) is 17.5 Å². The summed E-state index contributed by atoms with van der Waals surface area (Å²) >= 11 is 0. The van der Waals surface area contributed by atoms with Crippen LogP contribution in [-0.2, 0) is 19.1 Å². The van der Waals surface area contributed by atoms with Crippen LogP contribution in [0.3, 0.4) is 0 Å². The van der Waals surface area contributed by atoms with Crippen LogP contribution in [0.5, 0.6) is 0 Å². The Labute approximate surface area is 152 Å². The number of hydrogen-bond acceptors (Lipinski definition) is 8. The number of ether oxygens (including phenoxy) is 1. The molecule has 3 amide bonds. The largest absolute Gasteiger partial charge is 0.469 e. The number of esters is 1. The summed E-state index contributed by atoms with van der Waals surface area (Å²) in [6.45, 7) is -1.01. The lowest BCUT2D eigenvalue weighted by Gasteiger charge is -2.13. The summed E-state index contributed by atoms with van der Waals surface area (Å²) < 4.78 is 4.39. The first-order valence-electron chi connectivity index (χ1n) is 7.74. The van der Waals surface area contributed by atoms with Crippen molar-refractivity contribution in [3.63, 3.8) is 0 Å². The van der Waals surface area contributed by atoms with Crippen LogP contribution in [0, 0.1) is 10.1 Å². The van der Waals surface area contributed by atoms with Gasteiger partial charge in [0.1, 0.15) is 6.54 Å². The van der Waals surface area contributed by atoms with Gasteiger partial charge in [-0.05, 0) is 6.07 Å². The minimum Gasteiger partial charge on any atom is -0.469 e. The average molecular weight is 377 g/mol. The van der Waals surface area contributed by atoms with Crippen LogP contribution in [0.25, 0.3) is 0 Å². The Bertz CT molecular complexity index is 848. The lowest BCUT2D eigenvalue weighted by Crippen LogP contribution is -2.41. The van der Waals surface area contributed by atoms with Crippen molar-refractivity contribution in [2.45, 2.75) is 12.8 Å². The lowest BCUT2D eigenvalue weighted by molar-refractivity contribution is -0.384. The topological polar surface area (TPSA) is 153 Å². The Balaban J connectivity index is 1.94. The minimum atomic E-state index is -0.828. The molecule has 1 aliphatic heterocycles. The molecular weight excluding hydrogens is 362 g/mol. The van der Waals surface area contributed by atoms with Gasteiger partial charge in [0.05, 0.1) is 36.1 Å². The monoisotopic (exact) mass is 377 g/mol. The van der Waals surface area contributed by atoms with Crippen molar-refractivity contribution in [3.8, 4) is 0 Å². The summed E-state index contributed by atoms with van der Waals surface area (Å²) in [5.74, 6) is -3.32. The normalized spacial score (nSPS) is 12.6. The molecule has 2 rings (SSSR count). The minimum absolute atomic E-state index is 0.0347. The number of ketones is 1. The summed E-state index contributed by atoms with van der Waals surface area (Å²) in [5.41, 5.74) is -0.541. The van der Waals surface area contributed by atoms with Crippen LogP contribution in [0.2, 0.25) is 0 Å². The number of rotatable bonds is 8. The van der Waals surface area contributed by atoms with E-state index in [-0.39, 0.29) is 36.2 Å². The van der Waals surface area contributed by atoms with Gasteiger partial charge in [0.2, 0.25) is 5.91 Å². The second kappa shape index (κ2) is 8.17. The van der Waals surface area contributed by atoms with Crippen LogP contribution >= 0.6 is 0 Å². The number of hydrogen-bond donors (Lipinski definition) is 1. The van der Waals surface area contributed by atoms with Gasteiger partial charge in [0, 0.05) is 18.6 Å². The van der Waals surface area contributed by atoms with Gasteiger partial charge >= 0.3 is 5.97 Å². The Morgan fingerprint density at radius 3 is 2.44 bits per heavy atom. The van der Waals surface area contributed by atoms with Crippen molar-refractivity contribution in [2.75, 3.05) is 20.2 Å². The van der Waals surface area contributed by atoms with Crippen molar-refractivity contribution < 1.29 is 33.6 Å². The third-order valence-corrected chi connectivity index (χ3v) is 3.79. The molecule has 1 aromatic carbocycles. The molecule has 11 nitrogen and oxygen atoms in total. The zero-order chi connectivity index (χ0) is 20.1. The molecule has 0 saturated carbocycles. The van der Waals surface area contributed by atoms with Gasteiger partial charge in [-0.25, -0.2) is 0 Å². The molecule has 0 saturated heterocycles. The predicted octanol–water partition coefficient (Wildman–Crippen LogP) is -0.171. The lowest BCUT2D eigenvalue weighted by atomic mass is 10.1. The van der Waals surface area contributed by atoms with E-state index in [4.69, 9.17) is 0 Å². The maximum Gasteiger partial charge on any atom is 0.305 e. The second-order valence-electron chi connectivity index (χ2n) is 5.57. The van der Waals surface area contributed by atoms with Crippen molar-refractivity contribution in [1.82, 2.24) is 10.2 Å². The van der Waals surface area contributed by atoms with E-state index in [2.05, 4.69) is 10.1 Å². The molecule has 0 atom stereocenters. The van der Waals surface area contributed by atoms with Crippen molar-refractivity contribution in [1.29, 1.82) is 0 Å². The van der Waals surface area contributed by atoms with Gasteiger partial charge in [-0.15, -0.1) is 0 Å². The van der Waals surface area contributed by atoms with Crippen LogP contribution in [0.1, 0.15) is 33.6 Å². The molecule has 142 valence electrons. The summed E-state index contributed by atoms with van der Waals surface area (Å²) in [6.07, 6.45) is -0.244. The van der Waals surface area contributed by atoms with Crippen molar-refractivity contribution in [2.24, 2.45) is 0 Å². The van der Waals surface area contributed by atoms with Crippen LogP contribution in [0.15, 0.2) is 18.2 Å². The van der Waals surface area contributed by atoms with E-state index >= 15 is 0 Å². The molecular formula is C16H15N3O8.